The van der Waals surface area contributed by atoms with E-state index in [9.17, 15) is 9.59 Å². The molecule has 0 atom stereocenters. The molecule has 0 unspecified atom stereocenters. The predicted octanol–water partition coefficient (Wildman–Crippen LogP) is 5.55. The summed E-state index contributed by atoms with van der Waals surface area (Å²) in [6.07, 6.45) is 9.87. The van der Waals surface area contributed by atoms with Gasteiger partial charge in [-0.05, 0) is 93.0 Å². The Balaban J connectivity index is 1.43. The summed E-state index contributed by atoms with van der Waals surface area (Å²) >= 11 is 5.94. The van der Waals surface area contributed by atoms with Crippen LogP contribution in [0.2, 0.25) is 5.02 Å². The summed E-state index contributed by atoms with van der Waals surface area (Å²) in [5.74, 6) is -0.0825. The molecule has 2 amide bonds. The van der Waals surface area contributed by atoms with Crippen LogP contribution < -0.4 is 10.2 Å². The number of anilines is 1. The second-order valence-corrected chi connectivity index (χ2v) is 8.46. The number of halogens is 1. The van der Waals surface area contributed by atoms with Crippen molar-refractivity contribution in [1.82, 2.24) is 5.32 Å². The van der Waals surface area contributed by atoms with Gasteiger partial charge in [0.15, 0.2) is 0 Å². The number of carbonyl (C=O) groups is 2. The van der Waals surface area contributed by atoms with E-state index in [1.54, 1.807) is 29.2 Å². The fourth-order valence-electron chi connectivity index (χ4n) is 4.27. The lowest BCUT2D eigenvalue weighted by Gasteiger charge is -2.30. The van der Waals surface area contributed by atoms with E-state index in [0.29, 0.717) is 29.2 Å². The number of nitrogens with zero attached hydrogens (tertiary/aromatic N) is 1. The molecule has 4 nitrogen and oxygen atoms in total. The smallest absolute Gasteiger partial charge is 0.258 e. The van der Waals surface area contributed by atoms with E-state index >= 15 is 0 Å². The van der Waals surface area contributed by atoms with Gasteiger partial charge < -0.3 is 10.2 Å². The molecule has 5 heteroatoms. The number of aryl methyl sites for hydroxylation is 1. The first-order valence-electron chi connectivity index (χ1n) is 10.8. The largest absolute Gasteiger partial charge is 0.352 e. The van der Waals surface area contributed by atoms with Crippen molar-refractivity contribution < 1.29 is 9.59 Å². The van der Waals surface area contributed by atoms with Crippen LogP contribution in [0.25, 0.3) is 0 Å². The summed E-state index contributed by atoms with van der Waals surface area (Å²) in [6, 6.07) is 12.6. The average Bonchev–Trinajstić information content (AvgIpc) is 2.79. The van der Waals surface area contributed by atoms with Crippen LogP contribution in [0.1, 0.15) is 64.8 Å². The van der Waals surface area contributed by atoms with E-state index in [-0.39, 0.29) is 11.8 Å². The predicted molar refractivity (Wildman–Crippen MR) is 121 cm³/mol. The number of carbonyl (C=O) groups excluding carboxylic acids is 2. The van der Waals surface area contributed by atoms with Gasteiger partial charge in [0, 0.05) is 34.9 Å². The summed E-state index contributed by atoms with van der Waals surface area (Å²) in [5, 5.41) is 3.66. The van der Waals surface area contributed by atoms with Gasteiger partial charge in [0.1, 0.15) is 0 Å². The van der Waals surface area contributed by atoms with Crippen molar-refractivity contribution in [3.8, 4) is 0 Å². The van der Waals surface area contributed by atoms with Gasteiger partial charge in [-0.2, -0.15) is 0 Å². The number of benzene rings is 2. The van der Waals surface area contributed by atoms with Gasteiger partial charge >= 0.3 is 0 Å². The van der Waals surface area contributed by atoms with E-state index in [1.807, 2.05) is 18.2 Å². The van der Waals surface area contributed by atoms with Crippen LogP contribution in [0.5, 0.6) is 0 Å². The Kier molecular flexibility index (Phi) is 6.53. The van der Waals surface area contributed by atoms with E-state index < -0.39 is 0 Å². The van der Waals surface area contributed by atoms with Crippen LogP contribution in [-0.4, -0.2) is 24.9 Å². The number of amides is 2. The normalized spacial score (nSPS) is 15.9. The third-order valence-electron chi connectivity index (χ3n) is 5.91. The van der Waals surface area contributed by atoms with Crippen LogP contribution >= 0.6 is 11.6 Å². The first-order chi connectivity index (χ1) is 14.6. The highest BCUT2D eigenvalue weighted by Gasteiger charge is 2.24. The average molecular weight is 423 g/mol. The SMILES string of the molecule is O=C(NCCC1=CCCCC1)c1ccc2c(c1)CCCN2C(=O)c1ccc(Cl)cc1. The Morgan fingerprint density at radius 3 is 2.53 bits per heavy atom. The van der Waals surface area contributed by atoms with Crippen molar-refractivity contribution in [2.75, 3.05) is 18.0 Å². The Morgan fingerprint density at radius 1 is 0.967 bits per heavy atom. The maximum Gasteiger partial charge on any atom is 0.258 e. The van der Waals surface area contributed by atoms with Crippen LogP contribution in [0.3, 0.4) is 0 Å². The van der Waals surface area contributed by atoms with Crippen molar-refractivity contribution in [2.45, 2.75) is 44.9 Å². The molecule has 4 rings (SSSR count). The summed E-state index contributed by atoms with van der Waals surface area (Å²) in [5.41, 5.74) is 4.68. The zero-order valence-corrected chi connectivity index (χ0v) is 17.9. The molecular formula is C25H27ClN2O2. The number of allylic oxidation sites excluding steroid dienone is 1. The van der Waals surface area contributed by atoms with Crippen LogP contribution in [0.15, 0.2) is 54.1 Å². The summed E-state index contributed by atoms with van der Waals surface area (Å²) in [4.78, 5) is 27.4. The number of hydrogen-bond acceptors (Lipinski definition) is 2. The highest BCUT2D eigenvalue weighted by Crippen LogP contribution is 2.30. The molecule has 1 N–H and O–H groups in total. The van der Waals surface area contributed by atoms with Gasteiger partial charge in [0.2, 0.25) is 0 Å². The molecule has 2 aliphatic rings. The van der Waals surface area contributed by atoms with Crippen molar-refractivity contribution in [2.24, 2.45) is 0 Å². The van der Waals surface area contributed by atoms with E-state index in [2.05, 4.69) is 11.4 Å². The fourth-order valence-corrected chi connectivity index (χ4v) is 4.39. The number of rotatable bonds is 5. The number of hydrogen-bond donors (Lipinski definition) is 1. The van der Waals surface area contributed by atoms with Crippen molar-refractivity contribution in [3.63, 3.8) is 0 Å². The highest BCUT2D eigenvalue weighted by atomic mass is 35.5. The zero-order valence-electron chi connectivity index (χ0n) is 17.1. The topological polar surface area (TPSA) is 49.4 Å². The van der Waals surface area contributed by atoms with E-state index in [4.69, 9.17) is 11.6 Å². The van der Waals surface area contributed by atoms with E-state index in [1.165, 1.54) is 24.8 Å². The van der Waals surface area contributed by atoms with Crippen molar-refractivity contribution in [3.05, 3.63) is 75.8 Å². The third-order valence-corrected chi connectivity index (χ3v) is 6.17. The molecule has 0 saturated carbocycles. The summed E-state index contributed by atoms with van der Waals surface area (Å²) < 4.78 is 0. The Morgan fingerprint density at radius 2 is 1.77 bits per heavy atom. The molecule has 2 aromatic rings. The molecule has 30 heavy (non-hydrogen) atoms. The van der Waals surface area contributed by atoms with Crippen LogP contribution in [-0.2, 0) is 6.42 Å². The Hall–Kier alpha value is -2.59. The standard InChI is InChI=1S/C25H27ClN2O2/c26-22-11-8-19(9-12-22)25(30)28-16-4-7-20-17-21(10-13-23(20)28)24(29)27-15-14-18-5-2-1-3-6-18/h5,8-13,17H,1-4,6-7,14-16H2,(H,27,29). The molecule has 0 fully saturated rings. The van der Waals surface area contributed by atoms with E-state index in [0.717, 1.165) is 36.9 Å². The lowest BCUT2D eigenvalue weighted by Crippen LogP contribution is -2.35. The molecule has 0 radical (unpaired) electrons. The minimum absolute atomic E-state index is 0.0365. The van der Waals surface area contributed by atoms with Gasteiger partial charge in [0.25, 0.3) is 11.8 Å². The highest BCUT2D eigenvalue weighted by molar-refractivity contribution is 6.30. The lowest BCUT2D eigenvalue weighted by atomic mass is 9.97. The number of nitrogens with one attached hydrogen (secondary N) is 1. The molecule has 1 heterocycles. The van der Waals surface area contributed by atoms with Gasteiger partial charge in [-0.15, -0.1) is 0 Å². The van der Waals surface area contributed by atoms with Crippen molar-refractivity contribution in [1.29, 1.82) is 0 Å². The Labute approximate surface area is 182 Å². The van der Waals surface area contributed by atoms with Crippen LogP contribution in [0, 0.1) is 0 Å². The monoisotopic (exact) mass is 422 g/mol. The minimum Gasteiger partial charge on any atom is -0.352 e. The first-order valence-corrected chi connectivity index (χ1v) is 11.2. The van der Waals surface area contributed by atoms with Gasteiger partial charge in [-0.25, -0.2) is 0 Å². The Bertz CT molecular complexity index is 966. The molecule has 156 valence electrons. The zero-order chi connectivity index (χ0) is 20.9. The second kappa shape index (κ2) is 9.48. The minimum atomic E-state index is -0.0460. The fraction of sp³-hybridized carbons (Fsp3) is 0.360. The molecule has 0 saturated heterocycles. The van der Waals surface area contributed by atoms with Crippen LogP contribution in [0.4, 0.5) is 5.69 Å². The summed E-state index contributed by atoms with van der Waals surface area (Å²) in [6.45, 7) is 1.35. The van der Waals surface area contributed by atoms with Gasteiger partial charge in [-0.1, -0.05) is 23.3 Å². The van der Waals surface area contributed by atoms with Gasteiger partial charge in [0.05, 0.1) is 0 Å². The number of fused-ring (bicyclic) bond motifs is 1. The maximum absolute atomic E-state index is 13.0. The van der Waals surface area contributed by atoms with Crippen molar-refractivity contribution >= 4 is 29.1 Å². The molecule has 1 aliphatic heterocycles. The molecule has 0 aromatic heterocycles. The second-order valence-electron chi connectivity index (χ2n) is 8.02. The maximum atomic E-state index is 13.0. The molecule has 2 aromatic carbocycles. The molecule has 1 aliphatic carbocycles. The summed E-state index contributed by atoms with van der Waals surface area (Å²) in [7, 11) is 0. The molecule has 0 spiro atoms. The quantitative estimate of drug-likeness (QED) is 0.642. The lowest BCUT2D eigenvalue weighted by molar-refractivity contribution is 0.0953. The first kappa shape index (κ1) is 20.7. The molecule has 0 bridgehead atoms. The third kappa shape index (κ3) is 4.76. The van der Waals surface area contributed by atoms with Gasteiger partial charge in [-0.3, -0.25) is 9.59 Å². The molecular weight excluding hydrogens is 396 g/mol.